The molecular weight excluding hydrogens is 174 g/mol. The zero-order valence-electron chi connectivity index (χ0n) is 10.5. The third kappa shape index (κ3) is 7.34. The summed E-state index contributed by atoms with van der Waals surface area (Å²) in [4.78, 5) is 0. The van der Waals surface area contributed by atoms with Crippen molar-refractivity contribution in [2.75, 3.05) is 13.2 Å². The molecule has 2 N–H and O–H groups in total. The lowest BCUT2D eigenvalue weighted by molar-refractivity contribution is 0.0862. The second kappa shape index (κ2) is 6.41. The first-order valence-electron chi connectivity index (χ1n) is 5.67. The normalized spacial score (nSPS) is 14.8. The van der Waals surface area contributed by atoms with E-state index in [2.05, 4.69) is 34.6 Å². The van der Waals surface area contributed by atoms with Gasteiger partial charge in [-0.2, -0.15) is 0 Å². The quantitative estimate of drug-likeness (QED) is 0.671. The van der Waals surface area contributed by atoms with Gasteiger partial charge >= 0.3 is 0 Å². The van der Waals surface area contributed by atoms with Crippen LogP contribution in [0.4, 0.5) is 0 Å². The second-order valence-electron chi connectivity index (χ2n) is 5.58. The van der Waals surface area contributed by atoms with Gasteiger partial charge in [0.2, 0.25) is 0 Å². The summed E-state index contributed by atoms with van der Waals surface area (Å²) in [6, 6.07) is 0.140. The van der Waals surface area contributed by atoms with Gasteiger partial charge in [0.15, 0.2) is 0 Å². The van der Waals surface area contributed by atoms with E-state index in [0.717, 1.165) is 18.9 Å². The number of rotatable bonds is 6. The molecule has 1 atom stereocenters. The molecule has 0 aliphatic carbocycles. The molecule has 0 aliphatic rings. The molecule has 0 aromatic heterocycles. The number of hydrogen-bond acceptors (Lipinski definition) is 2. The highest BCUT2D eigenvalue weighted by atomic mass is 16.5. The first kappa shape index (κ1) is 13.9. The van der Waals surface area contributed by atoms with Crippen LogP contribution in [0.2, 0.25) is 0 Å². The van der Waals surface area contributed by atoms with E-state index in [-0.39, 0.29) is 11.5 Å². The van der Waals surface area contributed by atoms with Crippen molar-refractivity contribution in [3.05, 3.63) is 0 Å². The zero-order chi connectivity index (χ0) is 11.2. The van der Waals surface area contributed by atoms with Crippen molar-refractivity contribution in [3.8, 4) is 0 Å². The highest BCUT2D eigenvalue weighted by Gasteiger charge is 2.20. The molecule has 0 saturated carbocycles. The second-order valence-corrected chi connectivity index (χ2v) is 5.58. The fourth-order valence-electron chi connectivity index (χ4n) is 1.05. The molecule has 0 rings (SSSR count). The van der Waals surface area contributed by atoms with Crippen LogP contribution >= 0.6 is 0 Å². The predicted molar refractivity (Wildman–Crippen MR) is 62.3 cm³/mol. The third-order valence-electron chi connectivity index (χ3n) is 2.48. The zero-order valence-corrected chi connectivity index (χ0v) is 10.5. The first-order valence-corrected chi connectivity index (χ1v) is 5.67. The van der Waals surface area contributed by atoms with Crippen molar-refractivity contribution in [2.45, 2.75) is 53.5 Å². The van der Waals surface area contributed by atoms with E-state index in [9.17, 15) is 0 Å². The molecule has 0 radical (unpaired) electrons. The molecule has 2 heteroatoms. The molecule has 14 heavy (non-hydrogen) atoms. The van der Waals surface area contributed by atoms with Crippen molar-refractivity contribution < 1.29 is 4.74 Å². The smallest absolute Gasteiger partial charge is 0.0622 e. The maximum atomic E-state index is 5.97. The molecule has 0 aliphatic heterocycles. The number of nitrogens with two attached hydrogens (primary N) is 1. The Bertz CT molecular complexity index is 138. The van der Waals surface area contributed by atoms with Crippen LogP contribution < -0.4 is 5.73 Å². The Morgan fingerprint density at radius 3 is 2.21 bits per heavy atom. The highest BCUT2D eigenvalue weighted by Crippen LogP contribution is 2.17. The van der Waals surface area contributed by atoms with E-state index in [0.29, 0.717) is 6.61 Å². The Morgan fingerprint density at radius 2 is 1.79 bits per heavy atom. The Balaban J connectivity index is 3.37. The fraction of sp³-hybridized carbons (Fsp3) is 1.00. The van der Waals surface area contributed by atoms with Crippen LogP contribution in [0, 0.1) is 11.3 Å². The molecule has 0 bridgehead atoms. The Hall–Kier alpha value is -0.0800. The third-order valence-corrected chi connectivity index (χ3v) is 2.48. The maximum absolute atomic E-state index is 5.97. The molecule has 0 amide bonds. The van der Waals surface area contributed by atoms with Gasteiger partial charge in [-0.15, -0.1) is 0 Å². The van der Waals surface area contributed by atoms with Crippen LogP contribution in [-0.4, -0.2) is 19.3 Å². The monoisotopic (exact) mass is 201 g/mol. The van der Waals surface area contributed by atoms with Gasteiger partial charge in [-0.3, -0.25) is 0 Å². The molecule has 0 heterocycles. The standard InChI is InChI=1S/C12H27NO/c1-10(2)7-6-8-14-9-11(13)12(3,4)5/h10-11H,6-9,13H2,1-5H3. The van der Waals surface area contributed by atoms with Crippen LogP contribution in [0.3, 0.4) is 0 Å². The average Bonchev–Trinajstić information content (AvgIpc) is 2.01. The van der Waals surface area contributed by atoms with Gasteiger partial charge in [0.05, 0.1) is 6.61 Å². The van der Waals surface area contributed by atoms with Crippen LogP contribution in [0.1, 0.15) is 47.5 Å². The summed E-state index contributed by atoms with van der Waals surface area (Å²) in [5.41, 5.74) is 6.12. The van der Waals surface area contributed by atoms with E-state index < -0.39 is 0 Å². The molecular formula is C12H27NO. The molecule has 0 fully saturated rings. The lowest BCUT2D eigenvalue weighted by atomic mass is 9.88. The van der Waals surface area contributed by atoms with E-state index in [1.807, 2.05) is 0 Å². The van der Waals surface area contributed by atoms with Crippen molar-refractivity contribution >= 4 is 0 Å². The van der Waals surface area contributed by atoms with Crippen molar-refractivity contribution in [3.63, 3.8) is 0 Å². The lowest BCUT2D eigenvalue weighted by Gasteiger charge is -2.26. The summed E-state index contributed by atoms with van der Waals surface area (Å²) in [7, 11) is 0. The number of ether oxygens (including phenoxy) is 1. The fourth-order valence-corrected chi connectivity index (χ4v) is 1.05. The predicted octanol–water partition coefficient (Wildman–Crippen LogP) is 2.81. The summed E-state index contributed by atoms with van der Waals surface area (Å²) in [6.07, 6.45) is 2.39. The molecule has 0 spiro atoms. The van der Waals surface area contributed by atoms with Gasteiger partial charge < -0.3 is 10.5 Å². The van der Waals surface area contributed by atoms with E-state index in [4.69, 9.17) is 10.5 Å². The molecule has 2 nitrogen and oxygen atoms in total. The van der Waals surface area contributed by atoms with Gasteiger partial charge in [-0.25, -0.2) is 0 Å². The van der Waals surface area contributed by atoms with Gasteiger partial charge in [0.1, 0.15) is 0 Å². The summed E-state index contributed by atoms with van der Waals surface area (Å²) in [5, 5.41) is 0. The first-order chi connectivity index (χ1) is 6.34. The topological polar surface area (TPSA) is 35.2 Å². The van der Waals surface area contributed by atoms with Gasteiger partial charge in [0.25, 0.3) is 0 Å². The van der Waals surface area contributed by atoms with Crippen LogP contribution in [0.5, 0.6) is 0 Å². The molecule has 0 aromatic rings. The van der Waals surface area contributed by atoms with Crippen molar-refractivity contribution in [2.24, 2.45) is 17.1 Å². The molecule has 1 unspecified atom stereocenters. The SMILES string of the molecule is CC(C)CCCOCC(N)C(C)(C)C. The van der Waals surface area contributed by atoms with Gasteiger partial charge in [-0.1, -0.05) is 34.6 Å². The van der Waals surface area contributed by atoms with Gasteiger partial charge in [-0.05, 0) is 24.2 Å². The van der Waals surface area contributed by atoms with Crippen LogP contribution in [0.15, 0.2) is 0 Å². The maximum Gasteiger partial charge on any atom is 0.0622 e. The van der Waals surface area contributed by atoms with Crippen LogP contribution in [-0.2, 0) is 4.74 Å². The molecule has 86 valence electrons. The lowest BCUT2D eigenvalue weighted by Crippen LogP contribution is -2.39. The van der Waals surface area contributed by atoms with Gasteiger partial charge in [0, 0.05) is 12.6 Å². The Morgan fingerprint density at radius 1 is 1.21 bits per heavy atom. The summed E-state index contributed by atoms with van der Waals surface area (Å²) < 4.78 is 5.55. The van der Waals surface area contributed by atoms with Crippen LogP contribution in [0.25, 0.3) is 0 Å². The highest BCUT2D eigenvalue weighted by molar-refractivity contribution is 4.76. The number of hydrogen-bond donors (Lipinski definition) is 1. The average molecular weight is 201 g/mol. The van der Waals surface area contributed by atoms with Crippen molar-refractivity contribution in [1.29, 1.82) is 0 Å². The van der Waals surface area contributed by atoms with E-state index >= 15 is 0 Å². The minimum absolute atomic E-state index is 0.140. The molecule has 0 saturated heterocycles. The minimum Gasteiger partial charge on any atom is -0.380 e. The largest absolute Gasteiger partial charge is 0.380 e. The summed E-state index contributed by atoms with van der Waals surface area (Å²) in [5.74, 6) is 0.773. The minimum atomic E-state index is 0.140. The summed E-state index contributed by atoms with van der Waals surface area (Å²) in [6.45, 7) is 12.4. The Labute approximate surface area is 89.2 Å². The van der Waals surface area contributed by atoms with Crippen molar-refractivity contribution in [1.82, 2.24) is 0 Å². The van der Waals surface area contributed by atoms with E-state index in [1.165, 1.54) is 6.42 Å². The Kier molecular flexibility index (Phi) is 6.38. The summed E-state index contributed by atoms with van der Waals surface area (Å²) >= 11 is 0. The molecule has 0 aromatic carbocycles. The van der Waals surface area contributed by atoms with E-state index in [1.54, 1.807) is 0 Å².